The van der Waals surface area contributed by atoms with Gasteiger partial charge in [-0.2, -0.15) is 10.4 Å². The van der Waals surface area contributed by atoms with Gasteiger partial charge < -0.3 is 15.5 Å². The fraction of sp³-hybridized carbons (Fsp3) is 0.400. The first-order valence-electron chi connectivity index (χ1n) is 12.2. The average molecular weight is 503 g/mol. The third kappa shape index (κ3) is 4.93. The van der Waals surface area contributed by atoms with Crippen LogP contribution in [0, 0.1) is 22.1 Å². The number of rotatable bonds is 4. The molecule has 2 aliphatic heterocycles. The fourth-order valence-corrected chi connectivity index (χ4v) is 5.69. The summed E-state index contributed by atoms with van der Waals surface area (Å²) >= 11 is 1.17. The number of hydrogen-bond donors (Lipinski definition) is 4. The maximum Gasteiger partial charge on any atom is 0.162 e. The number of aromatic nitrogens is 3. The first-order chi connectivity index (χ1) is 17.6. The molecule has 5 rings (SSSR count). The van der Waals surface area contributed by atoms with E-state index >= 15 is 0 Å². The summed E-state index contributed by atoms with van der Waals surface area (Å²) in [7, 11) is 1.82. The van der Waals surface area contributed by atoms with Crippen LogP contribution in [0.1, 0.15) is 24.0 Å². The molecule has 0 unspecified atom stereocenters. The van der Waals surface area contributed by atoms with E-state index in [0.717, 1.165) is 56.2 Å². The lowest BCUT2D eigenvalue weighted by Crippen LogP contribution is -2.53. The Bertz CT molecular complexity index is 1310. The van der Waals surface area contributed by atoms with E-state index in [1.54, 1.807) is 16.8 Å². The quantitative estimate of drug-likeness (QED) is 0.316. The molecule has 0 atom stereocenters. The lowest BCUT2D eigenvalue weighted by atomic mass is 10.0. The van der Waals surface area contributed by atoms with Gasteiger partial charge in [0.05, 0.1) is 28.7 Å². The van der Waals surface area contributed by atoms with Gasteiger partial charge in [-0.15, -0.1) is 0 Å². The standard InChI is InChI=1S/C25H30N10S/c1-29-21-13-22(23-3-2-19-12-17(14-26)15-32-35(19)23)31-16-20(21)24(27)36-25(28)34-10-8-33(9-11-34)18-4-6-30-7-5-18/h2-3,12-13,15-16,18,27-28,30H,4-11H2,1H3,(H,29,31). The zero-order valence-electron chi connectivity index (χ0n) is 20.3. The molecule has 5 heterocycles. The number of nitriles is 1. The topological polar surface area (TPSA) is 132 Å². The van der Waals surface area contributed by atoms with E-state index in [1.807, 2.05) is 25.2 Å². The van der Waals surface area contributed by atoms with Gasteiger partial charge >= 0.3 is 0 Å². The maximum absolute atomic E-state index is 9.12. The van der Waals surface area contributed by atoms with Crippen molar-refractivity contribution in [1.29, 1.82) is 16.1 Å². The third-order valence-electron chi connectivity index (χ3n) is 6.94. The van der Waals surface area contributed by atoms with Crippen molar-refractivity contribution in [2.24, 2.45) is 0 Å². The maximum atomic E-state index is 9.12. The molecule has 0 amide bonds. The molecule has 3 aromatic heterocycles. The molecule has 0 bridgehead atoms. The van der Waals surface area contributed by atoms with Crippen LogP contribution in [0.25, 0.3) is 16.9 Å². The van der Waals surface area contributed by atoms with E-state index in [1.165, 1.54) is 30.8 Å². The van der Waals surface area contributed by atoms with Crippen LogP contribution in [0.2, 0.25) is 0 Å². The van der Waals surface area contributed by atoms with E-state index < -0.39 is 0 Å². The van der Waals surface area contributed by atoms with Gasteiger partial charge in [-0.3, -0.25) is 20.7 Å². The van der Waals surface area contributed by atoms with E-state index in [0.29, 0.717) is 33.1 Å². The lowest BCUT2D eigenvalue weighted by molar-refractivity contribution is 0.112. The molecular weight excluding hydrogens is 472 g/mol. The first kappa shape index (κ1) is 24.2. The minimum absolute atomic E-state index is 0.293. The van der Waals surface area contributed by atoms with E-state index in [-0.39, 0.29) is 0 Å². The molecule has 0 aromatic carbocycles. The first-order valence-corrected chi connectivity index (χ1v) is 13.0. The molecule has 0 radical (unpaired) electrons. The summed E-state index contributed by atoms with van der Waals surface area (Å²) < 4.78 is 1.75. The molecule has 11 heteroatoms. The smallest absolute Gasteiger partial charge is 0.162 e. The van der Waals surface area contributed by atoms with Gasteiger partial charge in [0.25, 0.3) is 0 Å². The van der Waals surface area contributed by atoms with Crippen molar-refractivity contribution in [2.45, 2.75) is 18.9 Å². The number of fused-ring (bicyclic) bond motifs is 1. The molecule has 2 saturated heterocycles. The Kier molecular flexibility index (Phi) is 7.18. The highest BCUT2D eigenvalue weighted by atomic mass is 32.2. The van der Waals surface area contributed by atoms with Crippen LogP contribution in [-0.2, 0) is 0 Å². The van der Waals surface area contributed by atoms with Crippen molar-refractivity contribution in [3.63, 3.8) is 0 Å². The predicted octanol–water partition coefficient (Wildman–Crippen LogP) is 2.67. The van der Waals surface area contributed by atoms with Gasteiger partial charge in [-0.05, 0) is 62.0 Å². The number of anilines is 1. The number of nitrogens with zero attached hydrogens (tertiary/aromatic N) is 6. The summed E-state index contributed by atoms with van der Waals surface area (Å²) in [6.45, 7) is 5.76. The minimum Gasteiger partial charge on any atom is -0.387 e. The Morgan fingerprint density at radius 3 is 2.64 bits per heavy atom. The molecule has 3 aromatic rings. The molecule has 0 saturated carbocycles. The van der Waals surface area contributed by atoms with Crippen molar-refractivity contribution >= 4 is 33.2 Å². The Balaban J connectivity index is 1.25. The Labute approximate surface area is 214 Å². The Hall–Kier alpha value is -3.46. The van der Waals surface area contributed by atoms with Gasteiger partial charge in [0.15, 0.2) is 5.17 Å². The van der Waals surface area contributed by atoms with Gasteiger partial charge in [0.2, 0.25) is 0 Å². The van der Waals surface area contributed by atoms with Crippen LogP contribution in [0.15, 0.2) is 36.7 Å². The summed E-state index contributed by atoms with van der Waals surface area (Å²) in [5.74, 6) is 0. The van der Waals surface area contributed by atoms with E-state index in [9.17, 15) is 0 Å². The summed E-state index contributed by atoms with van der Waals surface area (Å²) in [5.41, 5.74) is 4.26. The fourth-order valence-electron chi connectivity index (χ4n) is 4.92. The molecule has 4 N–H and O–H groups in total. The molecule has 36 heavy (non-hydrogen) atoms. The Morgan fingerprint density at radius 2 is 1.92 bits per heavy atom. The summed E-state index contributed by atoms with van der Waals surface area (Å²) in [5, 5.41) is 38.1. The van der Waals surface area contributed by atoms with Gasteiger partial charge in [0, 0.05) is 56.7 Å². The van der Waals surface area contributed by atoms with Crippen LogP contribution in [0.5, 0.6) is 0 Å². The normalized spacial score (nSPS) is 17.2. The highest BCUT2D eigenvalue weighted by Gasteiger charge is 2.27. The molecule has 2 aliphatic rings. The number of piperidine rings is 1. The second-order valence-corrected chi connectivity index (χ2v) is 10.0. The molecule has 0 spiro atoms. The van der Waals surface area contributed by atoms with Gasteiger partial charge in [-0.1, -0.05) is 0 Å². The van der Waals surface area contributed by atoms with Crippen molar-refractivity contribution in [3.05, 3.63) is 47.8 Å². The number of nitrogens with one attached hydrogen (secondary N) is 4. The lowest BCUT2D eigenvalue weighted by Gasteiger charge is -2.41. The number of pyridine rings is 1. The second kappa shape index (κ2) is 10.7. The van der Waals surface area contributed by atoms with Gasteiger partial charge in [0.1, 0.15) is 11.1 Å². The zero-order valence-corrected chi connectivity index (χ0v) is 21.1. The molecule has 186 valence electrons. The molecular formula is C25H30N10S. The second-order valence-electron chi connectivity index (χ2n) is 9.02. The minimum atomic E-state index is 0.293. The Morgan fingerprint density at radius 1 is 1.14 bits per heavy atom. The van der Waals surface area contributed by atoms with Gasteiger partial charge in [-0.25, -0.2) is 4.52 Å². The summed E-state index contributed by atoms with van der Waals surface area (Å²) in [4.78, 5) is 9.24. The predicted molar refractivity (Wildman–Crippen MR) is 144 cm³/mol. The van der Waals surface area contributed by atoms with Crippen molar-refractivity contribution in [1.82, 2.24) is 29.7 Å². The number of thioether (sulfide) groups is 1. The van der Waals surface area contributed by atoms with Crippen LogP contribution in [0.3, 0.4) is 0 Å². The monoisotopic (exact) mass is 502 g/mol. The highest BCUT2D eigenvalue weighted by Crippen LogP contribution is 2.28. The van der Waals surface area contributed by atoms with Crippen molar-refractivity contribution in [3.8, 4) is 17.5 Å². The summed E-state index contributed by atoms with van der Waals surface area (Å²) in [6, 6.07) is 10.3. The van der Waals surface area contributed by atoms with E-state index in [2.05, 4.69) is 36.6 Å². The number of piperazine rings is 1. The number of amidine groups is 1. The SMILES string of the molecule is CNc1cc(-c2ccc3cc(C#N)cnn23)ncc1C(=N)SC(=N)N1CCN(C2CCNCC2)CC1. The van der Waals surface area contributed by atoms with Crippen LogP contribution in [-0.4, -0.2) is 87.0 Å². The average Bonchev–Trinajstić information content (AvgIpc) is 3.36. The van der Waals surface area contributed by atoms with Crippen molar-refractivity contribution < 1.29 is 0 Å². The summed E-state index contributed by atoms with van der Waals surface area (Å²) in [6.07, 6.45) is 5.61. The molecule has 10 nitrogen and oxygen atoms in total. The van der Waals surface area contributed by atoms with Crippen LogP contribution >= 0.6 is 11.8 Å². The highest BCUT2D eigenvalue weighted by molar-refractivity contribution is 8.26. The number of hydrogen-bond acceptors (Lipinski definition) is 9. The van der Waals surface area contributed by atoms with Crippen LogP contribution < -0.4 is 10.6 Å². The largest absolute Gasteiger partial charge is 0.387 e. The van der Waals surface area contributed by atoms with Crippen molar-refractivity contribution in [2.75, 3.05) is 51.6 Å². The molecule has 0 aliphatic carbocycles. The van der Waals surface area contributed by atoms with Crippen LogP contribution in [0.4, 0.5) is 5.69 Å². The van der Waals surface area contributed by atoms with E-state index in [4.69, 9.17) is 16.1 Å². The third-order valence-corrected chi connectivity index (χ3v) is 7.81. The molecule has 2 fully saturated rings. The zero-order chi connectivity index (χ0) is 25.1.